The number of urea groups is 1. The zero-order valence-electron chi connectivity index (χ0n) is 15.6. The predicted molar refractivity (Wildman–Crippen MR) is 99.3 cm³/mol. The van der Waals surface area contributed by atoms with Gasteiger partial charge in [-0.1, -0.05) is 0 Å². The van der Waals surface area contributed by atoms with E-state index < -0.39 is 36.1 Å². The van der Waals surface area contributed by atoms with E-state index in [0.717, 1.165) is 4.90 Å². The van der Waals surface area contributed by atoms with Gasteiger partial charge in [-0.25, -0.2) is 9.18 Å². The van der Waals surface area contributed by atoms with Crippen LogP contribution >= 0.6 is 0 Å². The molecule has 146 valence electrons. The van der Waals surface area contributed by atoms with Gasteiger partial charge in [-0.15, -0.1) is 0 Å². The van der Waals surface area contributed by atoms with E-state index in [-0.39, 0.29) is 5.56 Å². The van der Waals surface area contributed by atoms with E-state index >= 15 is 0 Å². The molecule has 0 aromatic heterocycles. The summed E-state index contributed by atoms with van der Waals surface area (Å²) in [5.74, 6) is -0.536. The molecule has 0 bridgehead atoms. The highest BCUT2D eigenvalue weighted by atomic mass is 19.1. The first-order chi connectivity index (χ1) is 13.4. The number of amides is 3. The number of methoxy groups -OCH3 is 2. The van der Waals surface area contributed by atoms with Crippen molar-refractivity contribution < 1.29 is 28.2 Å². The summed E-state index contributed by atoms with van der Waals surface area (Å²) in [5.41, 5.74) is 0.666. The Kier molecular flexibility index (Phi) is 5.30. The first kappa shape index (κ1) is 19.3. The van der Waals surface area contributed by atoms with Gasteiger partial charge in [0, 0.05) is 11.3 Å². The second kappa shape index (κ2) is 7.67. The van der Waals surface area contributed by atoms with Gasteiger partial charge in [0.15, 0.2) is 17.3 Å². The van der Waals surface area contributed by atoms with Crippen LogP contribution in [0.15, 0.2) is 42.5 Å². The number of hydrogen-bond acceptors (Lipinski definition) is 5. The van der Waals surface area contributed by atoms with E-state index in [1.54, 1.807) is 13.0 Å². The Morgan fingerprint density at radius 2 is 1.68 bits per heavy atom. The number of carbonyl (C=O) groups excluding carboxylic acids is 3. The molecule has 1 aliphatic rings. The molecule has 3 rings (SSSR count). The summed E-state index contributed by atoms with van der Waals surface area (Å²) in [5, 5.41) is 0. The summed E-state index contributed by atoms with van der Waals surface area (Å²) < 4.78 is 23.5. The number of ether oxygens (including phenoxy) is 2. The zero-order chi connectivity index (χ0) is 20.4. The molecule has 0 spiro atoms. The molecule has 1 fully saturated rings. The summed E-state index contributed by atoms with van der Waals surface area (Å²) in [4.78, 5) is 40.1. The van der Waals surface area contributed by atoms with Crippen LogP contribution in [0, 0.1) is 5.82 Å². The Bertz CT molecular complexity index is 929. The van der Waals surface area contributed by atoms with Crippen LogP contribution in [0.3, 0.4) is 0 Å². The molecule has 28 heavy (non-hydrogen) atoms. The van der Waals surface area contributed by atoms with Crippen molar-refractivity contribution in [3.63, 3.8) is 0 Å². The maximum absolute atomic E-state index is 13.2. The van der Waals surface area contributed by atoms with Crippen LogP contribution in [-0.4, -0.2) is 49.4 Å². The van der Waals surface area contributed by atoms with Crippen molar-refractivity contribution in [3.05, 3.63) is 53.8 Å². The van der Waals surface area contributed by atoms with E-state index in [1.807, 2.05) is 0 Å². The Morgan fingerprint density at radius 3 is 2.29 bits per heavy atom. The summed E-state index contributed by atoms with van der Waals surface area (Å²) >= 11 is 0. The highest BCUT2D eigenvalue weighted by molar-refractivity contribution is 6.16. The molecule has 7 nitrogen and oxygen atoms in total. The van der Waals surface area contributed by atoms with Crippen LogP contribution < -0.4 is 14.4 Å². The molecule has 2 aromatic carbocycles. The van der Waals surface area contributed by atoms with Crippen molar-refractivity contribution in [3.8, 4) is 11.5 Å². The summed E-state index contributed by atoms with van der Waals surface area (Å²) in [7, 11) is 2.92. The number of nitrogens with zero attached hydrogens (tertiary/aromatic N) is 2. The summed E-state index contributed by atoms with van der Waals surface area (Å²) in [6.45, 7) is 1.15. The van der Waals surface area contributed by atoms with Gasteiger partial charge >= 0.3 is 6.03 Å². The molecular weight excluding hydrogens is 367 g/mol. The normalized spacial score (nSPS) is 16.5. The Labute approximate surface area is 161 Å². The fourth-order valence-electron chi connectivity index (χ4n) is 3.05. The quantitative estimate of drug-likeness (QED) is 0.564. The number of halogens is 1. The number of anilines is 1. The first-order valence-corrected chi connectivity index (χ1v) is 8.52. The monoisotopic (exact) mass is 386 g/mol. The van der Waals surface area contributed by atoms with Crippen LogP contribution in [0.1, 0.15) is 17.3 Å². The van der Waals surface area contributed by atoms with E-state index in [9.17, 15) is 18.8 Å². The lowest BCUT2D eigenvalue weighted by Gasteiger charge is -2.19. The number of hydrogen-bond donors (Lipinski definition) is 0. The Hall–Kier alpha value is -3.42. The molecule has 1 heterocycles. The van der Waals surface area contributed by atoms with Crippen molar-refractivity contribution in [1.29, 1.82) is 0 Å². The van der Waals surface area contributed by atoms with Crippen molar-refractivity contribution in [2.24, 2.45) is 0 Å². The van der Waals surface area contributed by atoms with Crippen molar-refractivity contribution in [2.75, 3.05) is 25.7 Å². The van der Waals surface area contributed by atoms with Gasteiger partial charge in [-0.2, -0.15) is 0 Å². The maximum Gasteiger partial charge on any atom is 0.332 e. The van der Waals surface area contributed by atoms with Gasteiger partial charge < -0.3 is 9.47 Å². The molecule has 0 unspecified atom stereocenters. The van der Waals surface area contributed by atoms with E-state index in [0.29, 0.717) is 17.2 Å². The first-order valence-electron chi connectivity index (χ1n) is 8.52. The number of ketones is 1. The number of Topliss-reactive ketones (excluding diaryl/α,β-unsaturated/α-hetero) is 1. The third-order valence-corrected chi connectivity index (χ3v) is 4.56. The predicted octanol–water partition coefficient (Wildman–Crippen LogP) is 2.88. The fraction of sp³-hybridized carbons (Fsp3) is 0.250. The van der Waals surface area contributed by atoms with Gasteiger partial charge in [0.1, 0.15) is 11.9 Å². The minimum atomic E-state index is -0.795. The maximum atomic E-state index is 13.2. The standard InChI is InChI=1S/C20H19FN2O5/c1-12-19(25)22(20(26)23(12)15-7-5-14(21)6-8-15)11-16(24)13-4-9-17(27-2)18(10-13)28-3/h4-10,12H,11H2,1-3H3/t12-/m0/s1. The Morgan fingerprint density at radius 1 is 1.04 bits per heavy atom. The van der Waals surface area contributed by atoms with E-state index in [1.165, 1.54) is 55.5 Å². The minimum Gasteiger partial charge on any atom is -0.493 e. The number of rotatable bonds is 6. The molecule has 0 aliphatic carbocycles. The van der Waals surface area contributed by atoms with Crippen molar-refractivity contribution in [2.45, 2.75) is 13.0 Å². The molecule has 1 atom stereocenters. The highest BCUT2D eigenvalue weighted by Gasteiger charge is 2.44. The van der Waals surface area contributed by atoms with E-state index in [2.05, 4.69) is 0 Å². The lowest BCUT2D eigenvalue weighted by atomic mass is 10.1. The summed E-state index contributed by atoms with van der Waals surface area (Å²) in [6.07, 6.45) is 0. The van der Waals surface area contributed by atoms with Crippen LogP contribution in [0.2, 0.25) is 0 Å². The molecule has 2 aromatic rings. The average molecular weight is 386 g/mol. The number of imide groups is 1. The van der Waals surface area contributed by atoms with Gasteiger partial charge in [0.2, 0.25) is 0 Å². The topological polar surface area (TPSA) is 76.2 Å². The van der Waals surface area contributed by atoms with E-state index in [4.69, 9.17) is 9.47 Å². The molecule has 0 radical (unpaired) electrons. The summed E-state index contributed by atoms with van der Waals surface area (Å²) in [6, 6.07) is 8.42. The van der Waals surface area contributed by atoms with Crippen LogP contribution in [0.4, 0.5) is 14.9 Å². The lowest BCUT2D eigenvalue weighted by Crippen LogP contribution is -2.37. The third kappa shape index (κ3) is 3.40. The van der Waals surface area contributed by atoms with Gasteiger partial charge in [0.25, 0.3) is 5.91 Å². The highest BCUT2D eigenvalue weighted by Crippen LogP contribution is 2.29. The lowest BCUT2D eigenvalue weighted by molar-refractivity contribution is -0.126. The molecule has 1 saturated heterocycles. The SMILES string of the molecule is COc1ccc(C(=O)CN2C(=O)[C@H](C)N(c3ccc(F)cc3)C2=O)cc1OC. The minimum absolute atomic E-state index is 0.283. The largest absolute Gasteiger partial charge is 0.493 e. The van der Waals surface area contributed by atoms with Crippen LogP contribution in [0.5, 0.6) is 11.5 Å². The van der Waals surface area contributed by atoms with Crippen molar-refractivity contribution >= 4 is 23.4 Å². The van der Waals surface area contributed by atoms with Gasteiger partial charge in [-0.05, 0) is 49.4 Å². The smallest absolute Gasteiger partial charge is 0.332 e. The number of benzene rings is 2. The molecule has 1 aliphatic heterocycles. The van der Waals surface area contributed by atoms with Crippen LogP contribution in [-0.2, 0) is 4.79 Å². The molecule has 0 N–H and O–H groups in total. The van der Waals surface area contributed by atoms with Crippen molar-refractivity contribution in [1.82, 2.24) is 4.90 Å². The average Bonchev–Trinajstić information content (AvgIpc) is 2.91. The molecule has 3 amide bonds. The van der Waals surface area contributed by atoms with Gasteiger partial charge in [-0.3, -0.25) is 19.4 Å². The molecule has 0 saturated carbocycles. The molecule has 8 heteroatoms. The second-order valence-electron chi connectivity index (χ2n) is 6.22. The zero-order valence-corrected chi connectivity index (χ0v) is 15.6. The molecular formula is C20H19FN2O5. The Balaban J connectivity index is 1.82. The fourth-order valence-corrected chi connectivity index (χ4v) is 3.05. The second-order valence-corrected chi connectivity index (χ2v) is 6.22. The van der Waals surface area contributed by atoms with Gasteiger partial charge in [0.05, 0.1) is 20.8 Å². The van der Waals surface area contributed by atoms with Crippen LogP contribution in [0.25, 0.3) is 0 Å². The number of carbonyl (C=O) groups is 3. The third-order valence-electron chi connectivity index (χ3n) is 4.56.